The lowest BCUT2D eigenvalue weighted by molar-refractivity contribution is -0.275. The minimum atomic E-state index is -1.99. The van der Waals surface area contributed by atoms with Crippen molar-refractivity contribution >= 4 is 41.6 Å². The van der Waals surface area contributed by atoms with Crippen LogP contribution >= 0.6 is 0 Å². The smallest absolute Gasteiger partial charge is 0.353 e. The van der Waals surface area contributed by atoms with Gasteiger partial charge in [-0.05, 0) is 32.1 Å². The Morgan fingerprint density at radius 3 is 1.91 bits per heavy atom. The molecule has 0 bridgehead atoms. The third-order valence-corrected chi connectivity index (χ3v) is 16.2. The maximum absolute atomic E-state index is 15.3. The van der Waals surface area contributed by atoms with Gasteiger partial charge < -0.3 is 43.0 Å². The van der Waals surface area contributed by atoms with E-state index in [0.29, 0.717) is 0 Å². The average Bonchev–Trinajstić information content (AvgIpc) is 4.02. The summed E-state index contributed by atoms with van der Waals surface area (Å²) in [5.41, 5.74) is -6.36. The lowest BCUT2D eigenvalue weighted by atomic mass is 9.41. The largest absolute Gasteiger partial charge is 0.459 e. The van der Waals surface area contributed by atoms with Gasteiger partial charge in [-0.1, -0.05) is 48.5 Å². The van der Waals surface area contributed by atoms with E-state index in [9.17, 15) is 33.9 Å². The summed E-state index contributed by atoms with van der Waals surface area (Å²) in [6.45, 7) is 18.8. The van der Waals surface area contributed by atoms with Crippen LogP contribution in [0.15, 0.2) is 0 Å². The van der Waals surface area contributed by atoms with E-state index >= 15 is 4.79 Å². The number of hydrogen-bond donors (Lipinski definition) is 1. The lowest BCUT2D eigenvalue weighted by Crippen LogP contribution is -2.75. The van der Waals surface area contributed by atoms with Gasteiger partial charge in [-0.2, -0.15) is 0 Å². The number of ketones is 1. The highest BCUT2D eigenvalue weighted by molar-refractivity contribution is 5.91. The standard InChI is InChI=1S/C42H56O16/c1-14(2)35(48)55-30-22-24-28(47)26-23(16(5)32-42(56-32)40(26,11)41(12,37(50)58-42)57-36(49)15(3)4)39(24,10)34(53-19(8)45)31(51-17(6)43)25(22)38(9)20(27(30)46)13-21-29(54-21)33(38)52-18(7)44/h14-16,20-26,28-34,47H,13H2,1-12H3/t16-,20+,21-,22-,23-,24+,25+,26-,28+,29-,30+,31-,32+,33-,34-,38-,39+,40-,41+,42-/m0/s1. The van der Waals surface area contributed by atoms with Crippen LogP contribution in [0.4, 0.5) is 0 Å². The third kappa shape index (κ3) is 4.93. The van der Waals surface area contributed by atoms with Gasteiger partial charge in [-0.3, -0.25) is 28.8 Å². The first-order valence-corrected chi connectivity index (χ1v) is 20.6. The van der Waals surface area contributed by atoms with Crippen molar-refractivity contribution in [2.45, 2.75) is 150 Å². The molecule has 5 saturated carbocycles. The molecule has 1 spiro atoms. The van der Waals surface area contributed by atoms with Crippen LogP contribution in [-0.2, 0) is 71.5 Å². The van der Waals surface area contributed by atoms with Crippen molar-refractivity contribution in [2.75, 3.05) is 0 Å². The number of esters is 6. The first-order valence-electron chi connectivity index (χ1n) is 20.6. The Balaban J connectivity index is 1.40. The van der Waals surface area contributed by atoms with Gasteiger partial charge in [0.1, 0.15) is 30.5 Å². The van der Waals surface area contributed by atoms with E-state index in [0.717, 1.165) is 0 Å². The van der Waals surface area contributed by atoms with Gasteiger partial charge in [0, 0.05) is 61.2 Å². The predicted molar refractivity (Wildman–Crippen MR) is 193 cm³/mol. The first-order chi connectivity index (χ1) is 26.9. The van der Waals surface area contributed by atoms with Crippen LogP contribution in [0.25, 0.3) is 0 Å². The van der Waals surface area contributed by atoms with E-state index in [1.54, 1.807) is 48.5 Å². The lowest BCUT2D eigenvalue weighted by Gasteiger charge is -2.65. The Morgan fingerprint density at radius 2 is 1.34 bits per heavy atom. The summed E-state index contributed by atoms with van der Waals surface area (Å²) in [4.78, 5) is 96.2. The topological polar surface area (TPSA) is 220 Å². The van der Waals surface area contributed by atoms with Crippen LogP contribution in [0.3, 0.4) is 0 Å². The van der Waals surface area contributed by atoms with E-state index in [4.69, 9.17) is 37.9 Å². The number of aliphatic hydroxyl groups is 1. The summed E-state index contributed by atoms with van der Waals surface area (Å²) in [5, 5.41) is 13.4. The van der Waals surface area contributed by atoms with Crippen molar-refractivity contribution in [3.8, 4) is 0 Å². The predicted octanol–water partition coefficient (Wildman–Crippen LogP) is 2.47. The molecule has 3 aliphatic heterocycles. The maximum atomic E-state index is 15.3. The summed E-state index contributed by atoms with van der Waals surface area (Å²) in [6.07, 6.45) is -8.31. The molecular weight excluding hydrogens is 760 g/mol. The number of carbonyl (C=O) groups excluding carboxylic acids is 7. The Hall–Kier alpha value is -3.63. The average molecular weight is 817 g/mol. The fraction of sp³-hybridized carbons (Fsp3) is 0.833. The molecule has 0 unspecified atom stereocenters. The van der Waals surface area contributed by atoms with Crippen LogP contribution in [0, 0.1) is 69.5 Å². The molecule has 5 aliphatic carbocycles. The van der Waals surface area contributed by atoms with E-state index in [1.165, 1.54) is 27.7 Å². The van der Waals surface area contributed by atoms with E-state index in [1.807, 2.05) is 6.92 Å². The van der Waals surface area contributed by atoms with E-state index in [2.05, 4.69) is 0 Å². The third-order valence-electron chi connectivity index (χ3n) is 16.2. The monoisotopic (exact) mass is 816 g/mol. The number of aliphatic hydroxyl groups excluding tert-OH is 1. The SMILES string of the molecule is CC(=O)O[C@H]1[C@H]2[C@H]([C@@H]3[C@@H](O)[C@@H]4[C@H]([C@H](C)[C@H]5O[C@]56OC(=O)[C@@](C)(OC(=O)C(C)C)[C@]46C)[C@@]3(C)[C@H]1OC(C)=O)[C@@H](OC(=O)C(C)C)C(=O)[C@H]1C[C@@H]3O[C@@H]3[C@H](OC(C)=O)[C@]21C. The highest BCUT2D eigenvalue weighted by Gasteiger charge is 2.94. The van der Waals surface area contributed by atoms with Crippen LogP contribution < -0.4 is 0 Å². The fourth-order valence-electron chi connectivity index (χ4n) is 13.7. The summed E-state index contributed by atoms with van der Waals surface area (Å²) < 4.78 is 49.6. The number of Topliss-reactive ketones (excluding diaryl/α,β-unsaturated/α-hetero) is 1. The van der Waals surface area contributed by atoms with E-state index in [-0.39, 0.29) is 6.42 Å². The normalized spacial score (nSPS) is 51.3. The van der Waals surface area contributed by atoms with Crippen molar-refractivity contribution < 1.29 is 76.6 Å². The molecule has 0 radical (unpaired) electrons. The molecule has 3 saturated heterocycles. The molecule has 20 atom stereocenters. The number of fused-ring (bicyclic) bond motifs is 9. The molecule has 320 valence electrons. The van der Waals surface area contributed by atoms with Crippen molar-refractivity contribution in [3.05, 3.63) is 0 Å². The molecule has 58 heavy (non-hydrogen) atoms. The zero-order valence-corrected chi connectivity index (χ0v) is 35.1. The highest BCUT2D eigenvalue weighted by atomic mass is 16.8. The quantitative estimate of drug-likeness (QED) is 0.222. The van der Waals surface area contributed by atoms with Crippen molar-refractivity contribution in [2.24, 2.45) is 69.5 Å². The van der Waals surface area contributed by atoms with Crippen LogP contribution in [0.2, 0.25) is 0 Å². The highest BCUT2D eigenvalue weighted by Crippen LogP contribution is 2.81. The Labute approximate surface area is 336 Å². The molecule has 0 aromatic heterocycles. The van der Waals surface area contributed by atoms with Crippen LogP contribution in [-0.4, -0.2) is 107 Å². The van der Waals surface area contributed by atoms with Gasteiger partial charge in [0.2, 0.25) is 5.60 Å². The zero-order valence-electron chi connectivity index (χ0n) is 35.1. The Bertz CT molecular complexity index is 1880. The molecule has 0 aromatic carbocycles. The molecule has 3 heterocycles. The molecule has 8 rings (SSSR count). The fourth-order valence-corrected chi connectivity index (χ4v) is 13.7. The van der Waals surface area contributed by atoms with E-state index < -0.39 is 171 Å². The number of carbonyl (C=O) groups is 7. The van der Waals surface area contributed by atoms with Crippen molar-refractivity contribution in [1.29, 1.82) is 0 Å². The number of hydrogen-bond acceptors (Lipinski definition) is 16. The minimum Gasteiger partial charge on any atom is -0.459 e. The minimum absolute atomic E-state index is 0.188. The molecule has 16 nitrogen and oxygen atoms in total. The molecule has 8 aliphatic rings. The van der Waals surface area contributed by atoms with Gasteiger partial charge in [0.15, 0.2) is 11.9 Å². The molecule has 0 amide bonds. The summed E-state index contributed by atoms with van der Waals surface area (Å²) in [7, 11) is 0. The first kappa shape index (κ1) is 41.1. The van der Waals surface area contributed by atoms with Crippen LogP contribution in [0.1, 0.15) is 89.5 Å². The Kier molecular flexibility index (Phi) is 9.00. The summed E-state index contributed by atoms with van der Waals surface area (Å²) >= 11 is 0. The van der Waals surface area contributed by atoms with Crippen molar-refractivity contribution in [3.63, 3.8) is 0 Å². The summed E-state index contributed by atoms with van der Waals surface area (Å²) in [5.74, 6) is -14.2. The van der Waals surface area contributed by atoms with Crippen molar-refractivity contribution in [1.82, 2.24) is 0 Å². The van der Waals surface area contributed by atoms with Gasteiger partial charge in [0.05, 0.1) is 29.5 Å². The van der Waals surface area contributed by atoms with Gasteiger partial charge in [-0.25, -0.2) is 4.79 Å². The molecule has 8 fully saturated rings. The second kappa shape index (κ2) is 12.7. The molecule has 1 N–H and O–H groups in total. The molecular formula is C42H56O16. The second-order valence-corrected chi connectivity index (χ2v) is 19.6. The van der Waals surface area contributed by atoms with Gasteiger partial charge >= 0.3 is 35.8 Å². The summed E-state index contributed by atoms with van der Waals surface area (Å²) in [6, 6.07) is 0. The Morgan fingerprint density at radius 1 is 0.759 bits per heavy atom. The zero-order chi connectivity index (χ0) is 42.7. The van der Waals surface area contributed by atoms with Gasteiger partial charge in [-0.15, -0.1) is 0 Å². The number of epoxide rings is 2. The van der Waals surface area contributed by atoms with Gasteiger partial charge in [0.25, 0.3) is 5.79 Å². The molecule has 0 aromatic rings. The maximum Gasteiger partial charge on any atom is 0.353 e. The number of rotatable bonds is 7. The van der Waals surface area contributed by atoms with Crippen LogP contribution in [0.5, 0.6) is 0 Å². The molecule has 16 heteroatoms. The number of ether oxygens (including phenoxy) is 8. The second-order valence-electron chi connectivity index (χ2n) is 19.6.